The SMILES string of the molecule is CCC(O)CNS(=O)(=O)CCc1ccccc1. The minimum atomic E-state index is -3.29. The molecule has 0 aliphatic rings. The van der Waals surface area contributed by atoms with Crippen LogP contribution in [0.3, 0.4) is 0 Å². The number of benzene rings is 1. The third-order valence-electron chi connectivity index (χ3n) is 2.51. The van der Waals surface area contributed by atoms with E-state index in [1.807, 2.05) is 37.3 Å². The summed E-state index contributed by atoms with van der Waals surface area (Å²) in [5, 5.41) is 9.28. The van der Waals surface area contributed by atoms with Crippen molar-refractivity contribution in [3.8, 4) is 0 Å². The van der Waals surface area contributed by atoms with E-state index in [1.54, 1.807) is 0 Å². The Hall–Kier alpha value is -0.910. The van der Waals surface area contributed by atoms with Crippen LogP contribution in [0.15, 0.2) is 30.3 Å². The molecule has 1 aromatic rings. The smallest absolute Gasteiger partial charge is 0.212 e. The minimum Gasteiger partial charge on any atom is -0.392 e. The zero-order chi connectivity index (χ0) is 12.7. The molecule has 0 aliphatic heterocycles. The van der Waals surface area contributed by atoms with E-state index < -0.39 is 16.1 Å². The molecule has 0 amide bonds. The molecular formula is C12H19NO3S. The number of nitrogens with one attached hydrogen (secondary N) is 1. The second kappa shape index (κ2) is 6.74. The third-order valence-corrected chi connectivity index (χ3v) is 3.86. The van der Waals surface area contributed by atoms with Gasteiger partial charge in [0.1, 0.15) is 0 Å². The Balaban J connectivity index is 2.40. The van der Waals surface area contributed by atoms with Crippen LogP contribution in [0.4, 0.5) is 0 Å². The van der Waals surface area contributed by atoms with Gasteiger partial charge in [0, 0.05) is 6.54 Å². The Kier molecular flexibility index (Phi) is 5.61. The van der Waals surface area contributed by atoms with Crippen molar-refractivity contribution in [3.63, 3.8) is 0 Å². The molecule has 1 rings (SSSR count). The molecule has 17 heavy (non-hydrogen) atoms. The lowest BCUT2D eigenvalue weighted by molar-refractivity contribution is 0.174. The van der Waals surface area contributed by atoms with Gasteiger partial charge in [-0.1, -0.05) is 37.3 Å². The molecule has 0 fully saturated rings. The maximum absolute atomic E-state index is 11.6. The second-order valence-corrected chi connectivity index (χ2v) is 5.89. The molecule has 0 aliphatic carbocycles. The molecule has 1 aromatic carbocycles. The maximum atomic E-state index is 11.6. The zero-order valence-corrected chi connectivity index (χ0v) is 10.8. The molecule has 0 spiro atoms. The van der Waals surface area contributed by atoms with E-state index in [1.165, 1.54) is 0 Å². The monoisotopic (exact) mass is 257 g/mol. The zero-order valence-electron chi connectivity index (χ0n) is 9.96. The Morgan fingerprint density at radius 1 is 1.29 bits per heavy atom. The summed E-state index contributed by atoms with van der Waals surface area (Å²) in [6.07, 6.45) is 0.418. The molecule has 0 heterocycles. The lowest BCUT2D eigenvalue weighted by Gasteiger charge is -2.10. The first kappa shape index (κ1) is 14.2. The van der Waals surface area contributed by atoms with Gasteiger partial charge in [0.05, 0.1) is 11.9 Å². The lowest BCUT2D eigenvalue weighted by Crippen LogP contribution is -2.33. The van der Waals surface area contributed by atoms with Crippen LogP contribution in [-0.2, 0) is 16.4 Å². The van der Waals surface area contributed by atoms with E-state index in [9.17, 15) is 13.5 Å². The average Bonchev–Trinajstić information content (AvgIpc) is 2.35. The summed E-state index contributed by atoms with van der Waals surface area (Å²) in [7, 11) is -3.29. The van der Waals surface area contributed by atoms with E-state index in [4.69, 9.17) is 0 Å². The average molecular weight is 257 g/mol. The molecule has 2 N–H and O–H groups in total. The van der Waals surface area contributed by atoms with Crippen LogP contribution in [-0.4, -0.2) is 31.9 Å². The number of hydrogen-bond acceptors (Lipinski definition) is 3. The molecule has 0 bridgehead atoms. The Labute approximate surface area is 103 Å². The number of aryl methyl sites for hydroxylation is 1. The summed E-state index contributed by atoms with van der Waals surface area (Å²) in [6.45, 7) is 1.90. The van der Waals surface area contributed by atoms with E-state index in [0.717, 1.165) is 5.56 Å². The highest BCUT2D eigenvalue weighted by Crippen LogP contribution is 2.01. The van der Waals surface area contributed by atoms with Crippen LogP contribution in [0.2, 0.25) is 0 Å². The van der Waals surface area contributed by atoms with Gasteiger partial charge in [-0.05, 0) is 18.4 Å². The van der Waals surface area contributed by atoms with Gasteiger partial charge >= 0.3 is 0 Å². The van der Waals surface area contributed by atoms with Gasteiger partial charge < -0.3 is 5.11 Å². The largest absolute Gasteiger partial charge is 0.392 e. The van der Waals surface area contributed by atoms with Crippen LogP contribution in [0.25, 0.3) is 0 Å². The van der Waals surface area contributed by atoms with Crippen molar-refractivity contribution < 1.29 is 13.5 Å². The van der Waals surface area contributed by atoms with Crippen molar-refractivity contribution in [2.24, 2.45) is 0 Å². The quantitative estimate of drug-likeness (QED) is 0.763. The first-order chi connectivity index (χ1) is 8.03. The fourth-order valence-electron chi connectivity index (χ4n) is 1.34. The predicted octanol–water partition coefficient (Wildman–Crippen LogP) is 0.919. The highest BCUT2D eigenvalue weighted by molar-refractivity contribution is 7.89. The lowest BCUT2D eigenvalue weighted by atomic mass is 10.2. The molecule has 0 radical (unpaired) electrons. The van der Waals surface area contributed by atoms with Gasteiger partial charge in [-0.3, -0.25) is 0 Å². The fraction of sp³-hybridized carbons (Fsp3) is 0.500. The van der Waals surface area contributed by atoms with E-state index >= 15 is 0 Å². The van der Waals surface area contributed by atoms with Crippen LogP contribution in [0.1, 0.15) is 18.9 Å². The number of aliphatic hydroxyl groups excluding tert-OH is 1. The normalized spacial score (nSPS) is 13.5. The highest BCUT2D eigenvalue weighted by atomic mass is 32.2. The van der Waals surface area contributed by atoms with Crippen molar-refractivity contribution in [2.75, 3.05) is 12.3 Å². The summed E-state index contributed by atoms with van der Waals surface area (Å²) in [5.74, 6) is 0.0491. The van der Waals surface area contributed by atoms with Gasteiger partial charge in [-0.15, -0.1) is 0 Å². The second-order valence-electron chi connectivity index (χ2n) is 3.97. The molecule has 0 saturated heterocycles. The van der Waals surface area contributed by atoms with Gasteiger partial charge in [0.15, 0.2) is 0 Å². The van der Waals surface area contributed by atoms with Gasteiger partial charge in [-0.2, -0.15) is 0 Å². The topological polar surface area (TPSA) is 66.4 Å². The fourth-order valence-corrected chi connectivity index (χ4v) is 2.43. The van der Waals surface area contributed by atoms with E-state index in [2.05, 4.69) is 4.72 Å². The van der Waals surface area contributed by atoms with Crippen LogP contribution >= 0.6 is 0 Å². The Morgan fingerprint density at radius 3 is 2.53 bits per heavy atom. The number of aliphatic hydroxyl groups is 1. The summed E-state index contributed by atoms with van der Waals surface area (Å²) in [4.78, 5) is 0. The Bertz CT molecular complexity index is 417. The van der Waals surface area contributed by atoms with Crippen LogP contribution < -0.4 is 4.72 Å². The number of rotatable bonds is 7. The summed E-state index contributed by atoms with van der Waals surface area (Å²) < 4.78 is 25.6. The van der Waals surface area contributed by atoms with Gasteiger partial charge in [0.2, 0.25) is 10.0 Å². The number of hydrogen-bond donors (Lipinski definition) is 2. The van der Waals surface area contributed by atoms with Gasteiger partial charge in [0.25, 0.3) is 0 Å². The molecule has 0 aromatic heterocycles. The van der Waals surface area contributed by atoms with Gasteiger partial charge in [-0.25, -0.2) is 13.1 Å². The van der Waals surface area contributed by atoms with E-state index in [0.29, 0.717) is 12.8 Å². The summed E-state index contributed by atoms with van der Waals surface area (Å²) >= 11 is 0. The first-order valence-corrected chi connectivity index (χ1v) is 7.38. The van der Waals surface area contributed by atoms with Crippen LogP contribution in [0, 0.1) is 0 Å². The van der Waals surface area contributed by atoms with Crippen molar-refractivity contribution in [3.05, 3.63) is 35.9 Å². The van der Waals surface area contributed by atoms with Crippen molar-refractivity contribution in [1.29, 1.82) is 0 Å². The van der Waals surface area contributed by atoms with Crippen molar-refractivity contribution in [2.45, 2.75) is 25.9 Å². The minimum absolute atomic E-state index is 0.0491. The standard InChI is InChI=1S/C12H19NO3S/c1-2-12(14)10-13-17(15,16)9-8-11-6-4-3-5-7-11/h3-7,12-14H,2,8-10H2,1H3. The molecule has 1 atom stereocenters. The Morgan fingerprint density at radius 2 is 1.94 bits per heavy atom. The number of sulfonamides is 1. The maximum Gasteiger partial charge on any atom is 0.212 e. The van der Waals surface area contributed by atoms with Crippen molar-refractivity contribution in [1.82, 2.24) is 4.72 Å². The first-order valence-electron chi connectivity index (χ1n) is 5.73. The molecule has 1 unspecified atom stereocenters. The third kappa shape index (κ3) is 5.81. The van der Waals surface area contributed by atoms with Crippen LogP contribution in [0.5, 0.6) is 0 Å². The molecule has 0 saturated carbocycles. The summed E-state index contributed by atoms with van der Waals surface area (Å²) in [5.41, 5.74) is 0.994. The van der Waals surface area contributed by atoms with Crippen molar-refractivity contribution >= 4 is 10.0 Å². The highest BCUT2D eigenvalue weighted by Gasteiger charge is 2.11. The van der Waals surface area contributed by atoms with E-state index in [-0.39, 0.29) is 12.3 Å². The molecular weight excluding hydrogens is 238 g/mol. The molecule has 5 heteroatoms. The summed E-state index contributed by atoms with van der Waals surface area (Å²) in [6, 6.07) is 9.47. The molecule has 4 nitrogen and oxygen atoms in total. The predicted molar refractivity (Wildman–Crippen MR) is 68.2 cm³/mol. The molecule has 96 valence electrons.